The van der Waals surface area contributed by atoms with E-state index >= 15 is 0 Å². The molecule has 40 heavy (non-hydrogen) atoms. The van der Waals surface area contributed by atoms with E-state index in [4.69, 9.17) is 14.2 Å². The zero-order chi connectivity index (χ0) is 28.8. The Kier molecular flexibility index (Phi) is 8.75. The van der Waals surface area contributed by atoms with E-state index in [9.17, 15) is 19.2 Å². The number of hydrogen-bond donors (Lipinski definition) is 2. The molecule has 0 aliphatic heterocycles. The van der Waals surface area contributed by atoms with E-state index in [-0.39, 0.29) is 23.2 Å². The fourth-order valence-corrected chi connectivity index (χ4v) is 4.34. The summed E-state index contributed by atoms with van der Waals surface area (Å²) in [6.45, 7) is 0.131. The quantitative estimate of drug-likeness (QED) is 0.209. The predicted molar refractivity (Wildman–Crippen MR) is 151 cm³/mol. The summed E-state index contributed by atoms with van der Waals surface area (Å²) in [4.78, 5) is 54.3. The van der Waals surface area contributed by atoms with Crippen LogP contribution >= 0.6 is 15.9 Å². The topological polar surface area (TPSA) is 133 Å². The highest BCUT2D eigenvalue weighted by Crippen LogP contribution is 2.32. The smallest absolute Gasteiger partial charge is 0.337 e. The number of amides is 1. The first-order valence-electron chi connectivity index (χ1n) is 11.9. The maximum atomic E-state index is 13.4. The number of ether oxygens (including phenoxy) is 3. The molecule has 0 aliphatic carbocycles. The van der Waals surface area contributed by atoms with Crippen molar-refractivity contribution in [3.8, 4) is 0 Å². The van der Waals surface area contributed by atoms with Crippen LogP contribution in [0.15, 0.2) is 71.3 Å². The number of rotatable bonds is 8. The number of nitrogens with zero attached hydrogens (tertiary/aromatic N) is 1. The van der Waals surface area contributed by atoms with E-state index in [0.29, 0.717) is 33.4 Å². The van der Waals surface area contributed by atoms with Crippen LogP contribution in [0.25, 0.3) is 10.9 Å². The third-order valence-electron chi connectivity index (χ3n) is 5.92. The highest BCUT2D eigenvalue weighted by atomic mass is 79.9. The Hall–Kier alpha value is -4.77. The number of anilines is 2. The number of methoxy groups -OCH3 is 3. The van der Waals surface area contributed by atoms with Crippen LogP contribution in [0, 0.1) is 0 Å². The second-order valence-corrected chi connectivity index (χ2v) is 9.41. The molecular weight excluding hydrogens is 582 g/mol. The molecule has 0 aliphatic rings. The molecule has 0 radical (unpaired) electrons. The Labute approximate surface area is 237 Å². The Balaban J connectivity index is 1.74. The molecule has 0 bridgehead atoms. The Morgan fingerprint density at radius 2 is 1.45 bits per heavy atom. The first-order chi connectivity index (χ1) is 19.2. The minimum absolute atomic E-state index is 0.116. The molecule has 0 atom stereocenters. The van der Waals surface area contributed by atoms with Crippen molar-refractivity contribution >= 4 is 62.0 Å². The number of pyridine rings is 1. The van der Waals surface area contributed by atoms with Crippen molar-refractivity contribution in [2.75, 3.05) is 26.6 Å². The fourth-order valence-electron chi connectivity index (χ4n) is 3.99. The predicted octanol–water partition coefficient (Wildman–Crippen LogP) is 5.03. The SMILES string of the molecule is COC(=O)c1cccc(CNC(=O)c2cnc3cc(Br)ccc3c2Nc2cc(C(=O)OC)cc(C(=O)OC)c2)c1. The second-order valence-electron chi connectivity index (χ2n) is 8.49. The summed E-state index contributed by atoms with van der Waals surface area (Å²) in [7, 11) is 3.77. The number of nitrogens with one attached hydrogen (secondary N) is 2. The number of fused-ring (bicyclic) bond motifs is 1. The van der Waals surface area contributed by atoms with E-state index in [2.05, 4.69) is 31.5 Å². The molecule has 1 amide bonds. The number of hydrogen-bond acceptors (Lipinski definition) is 9. The lowest BCUT2D eigenvalue weighted by molar-refractivity contribution is 0.0587. The monoisotopic (exact) mass is 605 g/mol. The molecule has 0 saturated heterocycles. The van der Waals surface area contributed by atoms with Crippen molar-refractivity contribution in [1.82, 2.24) is 10.3 Å². The third kappa shape index (κ3) is 6.26. The van der Waals surface area contributed by atoms with Crippen molar-refractivity contribution < 1.29 is 33.4 Å². The molecule has 0 saturated carbocycles. The summed E-state index contributed by atoms with van der Waals surface area (Å²) in [6.07, 6.45) is 1.43. The van der Waals surface area contributed by atoms with Gasteiger partial charge in [0.05, 0.1) is 54.8 Å². The summed E-state index contributed by atoms with van der Waals surface area (Å²) in [6, 6.07) is 16.5. The fraction of sp³-hybridized carbons (Fsp3) is 0.138. The Bertz CT molecular complexity index is 1600. The van der Waals surface area contributed by atoms with Crippen LogP contribution in [-0.2, 0) is 20.8 Å². The molecule has 1 heterocycles. The maximum absolute atomic E-state index is 13.4. The van der Waals surface area contributed by atoms with Gasteiger partial charge in [0.1, 0.15) is 0 Å². The van der Waals surface area contributed by atoms with Gasteiger partial charge in [-0.1, -0.05) is 28.1 Å². The molecule has 10 nitrogen and oxygen atoms in total. The molecule has 0 spiro atoms. The first-order valence-corrected chi connectivity index (χ1v) is 12.7. The first kappa shape index (κ1) is 28.2. The highest BCUT2D eigenvalue weighted by Gasteiger charge is 2.19. The zero-order valence-electron chi connectivity index (χ0n) is 21.7. The highest BCUT2D eigenvalue weighted by molar-refractivity contribution is 9.10. The summed E-state index contributed by atoms with van der Waals surface area (Å²) in [5, 5.41) is 6.66. The van der Waals surface area contributed by atoms with Crippen LogP contribution < -0.4 is 10.6 Å². The van der Waals surface area contributed by atoms with Crippen molar-refractivity contribution in [2.24, 2.45) is 0 Å². The van der Waals surface area contributed by atoms with Crippen molar-refractivity contribution in [3.05, 3.63) is 99.2 Å². The number of halogens is 1. The molecule has 4 rings (SSSR count). The third-order valence-corrected chi connectivity index (χ3v) is 6.41. The van der Waals surface area contributed by atoms with Gasteiger partial charge in [-0.05, 0) is 54.1 Å². The van der Waals surface area contributed by atoms with Crippen LogP contribution in [0.2, 0.25) is 0 Å². The summed E-state index contributed by atoms with van der Waals surface area (Å²) in [5.41, 5.74) is 2.84. The van der Waals surface area contributed by atoms with Crippen LogP contribution in [0.5, 0.6) is 0 Å². The minimum atomic E-state index is -0.649. The van der Waals surface area contributed by atoms with Crippen LogP contribution in [-0.4, -0.2) is 50.1 Å². The second kappa shape index (κ2) is 12.4. The number of aromatic nitrogens is 1. The lowest BCUT2D eigenvalue weighted by atomic mass is 10.1. The van der Waals surface area contributed by atoms with Gasteiger partial charge in [0.25, 0.3) is 5.91 Å². The molecule has 2 N–H and O–H groups in total. The van der Waals surface area contributed by atoms with Gasteiger partial charge in [0.2, 0.25) is 0 Å². The maximum Gasteiger partial charge on any atom is 0.337 e. The molecule has 11 heteroatoms. The van der Waals surface area contributed by atoms with Gasteiger partial charge in [-0.15, -0.1) is 0 Å². The molecule has 3 aromatic carbocycles. The number of benzene rings is 3. The summed E-state index contributed by atoms with van der Waals surface area (Å²) < 4.78 is 15.2. The van der Waals surface area contributed by atoms with Crippen LogP contribution in [0.1, 0.15) is 47.0 Å². The molecule has 204 valence electrons. The largest absolute Gasteiger partial charge is 0.465 e. The van der Waals surface area contributed by atoms with Gasteiger partial charge in [-0.2, -0.15) is 0 Å². The molecule has 4 aromatic rings. The van der Waals surface area contributed by atoms with E-state index < -0.39 is 23.8 Å². The van der Waals surface area contributed by atoms with Crippen LogP contribution in [0.4, 0.5) is 11.4 Å². The van der Waals surface area contributed by atoms with E-state index in [1.54, 1.807) is 42.5 Å². The van der Waals surface area contributed by atoms with Gasteiger partial charge in [0.15, 0.2) is 0 Å². The van der Waals surface area contributed by atoms with Gasteiger partial charge in [0, 0.05) is 28.3 Å². The Morgan fingerprint density at radius 1 is 0.800 bits per heavy atom. The number of carbonyl (C=O) groups excluding carboxylic acids is 4. The molecule has 1 aromatic heterocycles. The van der Waals surface area contributed by atoms with E-state index in [0.717, 1.165) is 4.47 Å². The summed E-state index contributed by atoms with van der Waals surface area (Å²) in [5.74, 6) is -2.22. The average molecular weight is 606 g/mol. The Morgan fingerprint density at radius 3 is 2.10 bits per heavy atom. The van der Waals surface area contributed by atoms with E-state index in [1.165, 1.54) is 45.7 Å². The van der Waals surface area contributed by atoms with E-state index in [1.807, 2.05) is 0 Å². The number of carbonyl (C=O) groups is 4. The van der Waals surface area contributed by atoms with Crippen molar-refractivity contribution in [2.45, 2.75) is 6.54 Å². The lowest BCUT2D eigenvalue weighted by Crippen LogP contribution is -2.24. The number of esters is 3. The van der Waals surface area contributed by atoms with Gasteiger partial charge in [-0.3, -0.25) is 9.78 Å². The van der Waals surface area contributed by atoms with Gasteiger partial charge in [-0.25, -0.2) is 14.4 Å². The molecular formula is C29H24BrN3O7. The van der Waals surface area contributed by atoms with Gasteiger partial charge < -0.3 is 24.8 Å². The normalized spacial score (nSPS) is 10.5. The standard InChI is InChI=1S/C29H24BrN3O7/c1-38-27(35)17-6-4-5-16(9-17)14-32-26(34)23-15-31-24-13-20(30)7-8-22(24)25(23)33-21-11-18(28(36)39-2)10-19(12-21)29(37)40-3/h4-13,15H,14H2,1-3H3,(H,31,33)(H,32,34). The molecule has 0 fully saturated rings. The molecule has 0 unspecified atom stereocenters. The zero-order valence-corrected chi connectivity index (χ0v) is 23.3. The summed E-state index contributed by atoms with van der Waals surface area (Å²) >= 11 is 3.43. The van der Waals surface area contributed by atoms with Crippen molar-refractivity contribution in [3.63, 3.8) is 0 Å². The minimum Gasteiger partial charge on any atom is -0.465 e. The average Bonchev–Trinajstić information content (AvgIpc) is 2.98. The van der Waals surface area contributed by atoms with Gasteiger partial charge >= 0.3 is 17.9 Å². The van der Waals surface area contributed by atoms with Crippen molar-refractivity contribution in [1.29, 1.82) is 0 Å². The van der Waals surface area contributed by atoms with Crippen LogP contribution in [0.3, 0.4) is 0 Å². The lowest BCUT2D eigenvalue weighted by Gasteiger charge is -2.16.